The molecular weight excluding hydrogens is 203 g/mol. The van der Waals surface area contributed by atoms with Gasteiger partial charge in [-0.25, -0.2) is 0 Å². The van der Waals surface area contributed by atoms with E-state index in [1.807, 2.05) is 19.1 Å². The van der Waals surface area contributed by atoms with Crippen LogP contribution < -0.4 is 0 Å². The Morgan fingerprint density at radius 2 is 2.00 bits per heavy atom. The van der Waals surface area contributed by atoms with Gasteiger partial charge in [-0.1, -0.05) is 12.1 Å². The van der Waals surface area contributed by atoms with Crippen LogP contribution >= 0.6 is 15.9 Å². The first-order valence-corrected chi connectivity index (χ1v) is 3.45. The van der Waals surface area contributed by atoms with E-state index in [0.29, 0.717) is 5.75 Å². The average Bonchev–Trinajstić information content (AvgIpc) is 1.83. The number of phenolic OH excluding ortho intramolecular Hbond substituents is 1. The number of benzene rings is 1. The number of phenols is 1. The largest absolute Gasteiger partial charge is 0.507 e. The standard InChI is InChI=1S/C7H7BrO.Na/c1-5-3-2-4-6(9)7(5)8;/h2-4,9H,1H3;. The van der Waals surface area contributed by atoms with Crippen LogP contribution in [0.1, 0.15) is 5.56 Å². The van der Waals surface area contributed by atoms with Gasteiger partial charge < -0.3 is 5.11 Å². The van der Waals surface area contributed by atoms with E-state index >= 15 is 0 Å². The van der Waals surface area contributed by atoms with Crippen LogP contribution in [0.4, 0.5) is 0 Å². The van der Waals surface area contributed by atoms with Crippen LogP contribution in [0.15, 0.2) is 22.7 Å². The summed E-state index contributed by atoms with van der Waals surface area (Å²) in [6.07, 6.45) is 0. The third kappa shape index (κ3) is 2.27. The Balaban J connectivity index is 0.000000810. The van der Waals surface area contributed by atoms with Crippen molar-refractivity contribution in [2.75, 3.05) is 0 Å². The van der Waals surface area contributed by atoms with E-state index in [1.165, 1.54) is 0 Å². The van der Waals surface area contributed by atoms with E-state index in [-0.39, 0.29) is 29.6 Å². The summed E-state index contributed by atoms with van der Waals surface area (Å²) in [5.41, 5.74) is 1.05. The van der Waals surface area contributed by atoms with Gasteiger partial charge in [0.15, 0.2) is 0 Å². The number of hydrogen-bond acceptors (Lipinski definition) is 1. The van der Waals surface area contributed by atoms with Crippen LogP contribution in [0.5, 0.6) is 5.75 Å². The molecule has 1 N–H and O–H groups in total. The molecule has 0 fully saturated rings. The molecule has 0 heterocycles. The molecule has 0 aliphatic heterocycles. The molecule has 10 heavy (non-hydrogen) atoms. The maximum Gasteiger partial charge on any atom is 0.130 e. The van der Waals surface area contributed by atoms with Gasteiger partial charge in [0.2, 0.25) is 0 Å². The molecule has 0 saturated carbocycles. The molecule has 0 saturated heterocycles. The fraction of sp³-hybridized carbons (Fsp3) is 0.143. The molecule has 1 nitrogen and oxygen atoms in total. The second-order valence-electron chi connectivity index (χ2n) is 1.91. The fourth-order valence-electron chi connectivity index (χ4n) is 0.632. The van der Waals surface area contributed by atoms with Gasteiger partial charge in [-0.05, 0) is 34.5 Å². The predicted octanol–water partition coefficient (Wildman–Crippen LogP) is 2.08. The van der Waals surface area contributed by atoms with Gasteiger partial charge in [0.1, 0.15) is 5.75 Å². The Labute approximate surface area is 90.9 Å². The van der Waals surface area contributed by atoms with Crippen LogP contribution in [0.25, 0.3) is 0 Å². The minimum atomic E-state index is 0. The van der Waals surface area contributed by atoms with Gasteiger partial charge in [-0.3, -0.25) is 0 Å². The Bertz CT molecular complexity index is 205. The van der Waals surface area contributed by atoms with Crippen molar-refractivity contribution in [3.63, 3.8) is 0 Å². The van der Waals surface area contributed by atoms with E-state index in [9.17, 15) is 0 Å². The quantitative estimate of drug-likeness (QED) is 0.650. The van der Waals surface area contributed by atoms with Gasteiger partial charge in [-0.15, -0.1) is 0 Å². The summed E-state index contributed by atoms with van der Waals surface area (Å²) in [6.45, 7) is 1.93. The second-order valence-corrected chi connectivity index (χ2v) is 2.70. The van der Waals surface area contributed by atoms with Crippen molar-refractivity contribution < 1.29 is 5.11 Å². The zero-order valence-corrected chi connectivity index (χ0v) is 9.64. The summed E-state index contributed by atoms with van der Waals surface area (Å²) in [7, 11) is 0. The van der Waals surface area contributed by atoms with Gasteiger partial charge in [-0.2, -0.15) is 0 Å². The molecule has 49 valence electrons. The van der Waals surface area contributed by atoms with E-state index in [1.54, 1.807) is 6.07 Å². The Morgan fingerprint density at radius 3 is 2.40 bits per heavy atom. The molecule has 0 unspecified atom stereocenters. The van der Waals surface area contributed by atoms with Crippen LogP contribution in [0.2, 0.25) is 0 Å². The summed E-state index contributed by atoms with van der Waals surface area (Å²) < 4.78 is 0.782. The minimum absolute atomic E-state index is 0. The van der Waals surface area contributed by atoms with Gasteiger partial charge in [0.25, 0.3) is 0 Å². The maximum absolute atomic E-state index is 9.05. The number of aromatic hydroxyl groups is 1. The molecule has 1 aromatic carbocycles. The van der Waals surface area contributed by atoms with Crippen LogP contribution in [0, 0.1) is 6.92 Å². The molecule has 0 aliphatic carbocycles. The van der Waals surface area contributed by atoms with E-state index in [2.05, 4.69) is 15.9 Å². The first kappa shape index (κ1) is 10.5. The molecule has 0 spiro atoms. The number of rotatable bonds is 0. The fourth-order valence-corrected chi connectivity index (χ4v) is 0.896. The topological polar surface area (TPSA) is 20.2 Å². The molecule has 0 bridgehead atoms. The van der Waals surface area contributed by atoms with E-state index in [4.69, 9.17) is 5.11 Å². The third-order valence-corrected chi connectivity index (χ3v) is 2.20. The van der Waals surface area contributed by atoms with Crippen molar-refractivity contribution in [2.45, 2.75) is 6.92 Å². The zero-order valence-electron chi connectivity index (χ0n) is 6.06. The van der Waals surface area contributed by atoms with Gasteiger partial charge >= 0.3 is 0 Å². The van der Waals surface area contributed by atoms with Gasteiger partial charge in [0, 0.05) is 29.6 Å². The van der Waals surface area contributed by atoms with Crippen molar-refractivity contribution >= 4 is 45.5 Å². The first-order valence-electron chi connectivity index (χ1n) is 2.66. The molecule has 3 heteroatoms. The molecule has 1 radical (unpaired) electrons. The second kappa shape index (κ2) is 4.39. The number of aryl methyl sites for hydroxylation is 1. The Kier molecular flexibility index (Phi) is 4.61. The molecular formula is C7H7BrNaO. The summed E-state index contributed by atoms with van der Waals surface area (Å²) in [5, 5.41) is 9.05. The molecule has 0 atom stereocenters. The summed E-state index contributed by atoms with van der Waals surface area (Å²) >= 11 is 3.23. The average molecular weight is 210 g/mol. The van der Waals surface area contributed by atoms with Crippen molar-refractivity contribution in [1.82, 2.24) is 0 Å². The van der Waals surface area contributed by atoms with Crippen LogP contribution in [-0.4, -0.2) is 34.7 Å². The zero-order chi connectivity index (χ0) is 6.85. The molecule has 1 rings (SSSR count). The Hall–Kier alpha value is 0.500. The third-order valence-electron chi connectivity index (χ3n) is 1.17. The SMILES string of the molecule is Cc1cccc(O)c1Br.[Na]. The van der Waals surface area contributed by atoms with E-state index in [0.717, 1.165) is 10.0 Å². The minimum Gasteiger partial charge on any atom is -0.507 e. The predicted molar refractivity (Wildman–Crippen MR) is 46.3 cm³/mol. The summed E-state index contributed by atoms with van der Waals surface area (Å²) in [5.74, 6) is 0.301. The maximum atomic E-state index is 9.05. The smallest absolute Gasteiger partial charge is 0.130 e. The summed E-state index contributed by atoms with van der Waals surface area (Å²) in [4.78, 5) is 0. The van der Waals surface area contributed by atoms with Crippen LogP contribution in [0.3, 0.4) is 0 Å². The summed E-state index contributed by atoms with van der Waals surface area (Å²) in [6, 6.07) is 5.40. The van der Waals surface area contributed by atoms with Crippen LogP contribution in [-0.2, 0) is 0 Å². The first-order chi connectivity index (χ1) is 4.22. The van der Waals surface area contributed by atoms with E-state index < -0.39 is 0 Å². The van der Waals surface area contributed by atoms with Gasteiger partial charge in [0.05, 0.1) is 4.47 Å². The van der Waals surface area contributed by atoms with Crippen molar-refractivity contribution in [3.05, 3.63) is 28.2 Å². The van der Waals surface area contributed by atoms with Crippen molar-refractivity contribution in [3.8, 4) is 5.75 Å². The molecule has 0 aliphatic rings. The number of hydrogen-bond donors (Lipinski definition) is 1. The Morgan fingerprint density at radius 1 is 1.40 bits per heavy atom. The number of halogens is 1. The normalized spacial score (nSPS) is 8.60. The molecule has 0 amide bonds. The molecule has 1 aromatic rings. The van der Waals surface area contributed by atoms with Crippen molar-refractivity contribution in [2.24, 2.45) is 0 Å². The van der Waals surface area contributed by atoms with Crippen molar-refractivity contribution in [1.29, 1.82) is 0 Å². The monoisotopic (exact) mass is 209 g/mol. The molecule has 0 aromatic heterocycles.